The monoisotopic (exact) mass is 270 g/mol. The first kappa shape index (κ1) is 16.2. The summed E-state index contributed by atoms with van der Waals surface area (Å²) in [7, 11) is -2.99. The maximum atomic E-state index is 11.3. The lowest BCUT2D eigenvalue weighted by Crippen LogP contribution is -2.50. The van der Waals surface area contributed by atoms with Gasteiger partial charge in [-0.25, -0.2) is 8.42 Å². The van der Waals surface area contributed by atoms with Crippen molar-refractivity contribution in [3.05, 3.63) is 0 Å². The van der Waals surface area contributed by atoms with Crippen LogP contribution >= 0.6 is 12.4 Å². The maximum absolute atomic E-state index is 11.3. The fraction of sp³-hybridized carbons (Fsp3) is 1.00. The molecular weight excluding hydrogens is 248 g/mol. The SMILES string of the molecule is CC(C)(C)CN1CCN(S(C)(=O)=O)CC1.Cl. The van der Waals surface area contributed by atoms with Crippen LogP contribution in [-0.2, 0) is 10.0 Å². The van der Waals surface area contributed by atoms with Gasteiger partial charge < -0.3 is 4.90 Å². The molecule has 1 heterocycles. The summed E-state index contributed by atoms with van der Waals surface area (Å²) < 4.78 is 24.1. The molecule has 0 atom stereocenters. The predicted octanol–water partition coefficient (Wildman–Crippen LogP) is 1.03. The minimum atomic E-state index is -2.99. The van der Waals surface area contributed by atoms with Crippen LogP contribution in [0.1, 0.15) is 20.8 Å². The molecule has 0 radical (unpaired) electrons. The lowest BCUT2D eigenvalue weighted by Gasteiger charge is -2.36. The summed E-state index contributed by atoms with van der Waals surface area (Å²) in [6, 6.07) is 0. The molecule has 16 heavy (non-hydrogen) atoms. The Labute approximate surface area is 105 Å². The van der Waals surface area contributed by atoms with E-state index in [0.29, 0.717) is 13.1 Å². The standard InChI is InChI=1S/C10H22N2O2S.ClH/c1-10(2,3)9-11-5-7-12(8-6-11)15(4,13)14;/h5-9H2,1-4H3;1H. The molecule has 0 amide bonds. The third-order valence-electron chi connectivity index (χ3n) is 2.50. The topological polar surface area (TPSA) is 40.6 Å². The molecule has 98 valence electrons. The molecule has 0 N–H and O–H groups in total. The summed E-state index contributed by atoms with van der Waals surface area (Å²) >= 11 is 0. The Bertz CT molecular complexity index is 303. The fourth-order valence-corrected chi connectivity index (χ4v) is 2.72. The van der Waals surface area contributed by atoms with Gasteiger partial charge in [-0.15, -0.1) is 12.4 Å². The third-order valence-corrected chi connectivity index (χ3v) is 3.80. The highest BCUT2D eigenvalue weighted by atomic mass is 35.5. The third kappa shape index (κ3) is 5.48. The van der Waals surface area contributed by atoms with Gasteiger partial charge in [-0.3, -0.25) is 0 Å². The van der Waals surface area contributed by atoms with Crippen molar-refractivity contribution in [2.24, 2.45) is 5.41 Å². The minimum absolute atomic E-state index is 0. The van der Waals surface area contributed by atoms with Gasteiger partial charge in [-0.05, 0) is 5.41 Å². The van der Waals surface area contributed by atoms with Gasteiger partial charge in [-0.1, -0.05) is 20.8 Å². The van der Waals surface area contributed by atoms with Gasteiger partial charge in [-0.2, -0.15) is 4.31 Å². The van der Waals surface area contributed by atoms with Crippen molar-refractivity contribution < 1.29 is 8.42 Å². The fourth-order valence-electron chi connectivity index (χ4n) is 1.89. The zero-order valence-electron chi connectivity index (χ0n) is 10.6. The van der Waals surface area contributed by atoms with Crippen molar-refractivity contribution in [2.45, 2.75) is 20.8 Å². The van der Waals surface area contributed by atoms with E-state index in [1.54, 1.807) is 4.31 Å². The van der Waals surface area contributed by atoms with Crippen molar-refractivity contribution in [1.29, 1.82) is 0 Å². The molecule has 1 rings (SSSR count). The van der Waals surface area contributed by atoms with Gasteiger partial charge in [0, 0.05) is 32.7 Å². The van der Waals surface area contributed by atoms with Crippen LogP contribution in [0.3, 0.4) is 0 Å². The first-order valence-corrected chi connectivity index (χ1v) is 7.21. The molecule has 0 aromatic rings. The van der Waals surface area contributed by atoms with Crippen molar-refractivity contribution in [1.82, 2.24) is 9.21 Å². The van der Waals surface area contributed by atoms with E-state index in [1.807, 2.05) is 0 Å². The first-order chi connectivity index (χ1) is 6.68. The summed E-state index contributed by atoms with van der Waals surface area (Å²) in [6.45, 7) is 10.6. The molecule has 1 saturated heterocycles. The van der Waals surface area contributed by atoms with Crippen molar-refractivity contribution >= 4 is 22.4 Å². The quantitative estimate of drug-likeness (QED) is 0.753. The molecule has 1 fully saturated rings. The number of sulfonamides is 1. The normalized spacial score (nSPS) is 20.5. The number of hydrogen-bond acceptors (Lipinski definition) is 3. The summed E-state index contributed by atoms with van der Waals surface area (Å²) in [5.74, 6) is 0. The van der Waals surface area contributed by atoms with E-state index >= 15 is 0 Å². The van der Waals surface area contributed by atoms with E-state index in [2.05, 4.69) is 25.7 Å². The Morgan fingerprint density at radius 2 is 1.50 bits per heavy atom. The van der Waals surface area contributed by atoms with Crippen LogP contribution in [-0.4, -0.2) is 56.6 Å². The Morgan fingerprint density at radius 1 is 1.06 bits per heavy atom. The highest BCUT2D eigenvalue weighted by Gasteiger charge is 2.25. The number of halogens is 1. The molecule has 0 bridgehead atoms. The van der Waals surface area contributed by atoms with E-state index in [4.69, 9.17) is 0 Å². The molecule has 0 aromatic carbocycles. The van der Waals surface area contributed by atoms with E-state index in [-0.39, 0.29) is 17.8 Å². The zero-order valence-corrected chi connectivity index (χ0v) is 12.2. The van der Waals surface area contributed by atoms with Gasteiger partial charge in [0.05, 0.1) is 6.26 Å². The molecule has 1 aliphatic rings. The second-order valence-electron chi connectivity index (χ2n) is 5.50. The van der Waals surface area contributed by atoms with Crippen LogP contribution in [0.2, 0.25) is 0 Å². The summed E-state index contributed by atoms with van der Waals surface area (Å²) in [5.41, 5.74) is 0.285. The van der Waals surface area contributed by atoms with E-state index < -0.39 is 10.0 Å². The number of nitrogens with zero attached hydrogens (tertiary/aromatic N) is 2. The molecule has 4 nitrogen and oxygen atoms in total. The second kappa shape index (κ2) is 5.67. The van der Waals surface area contributed by atoms with Gasteiger partial charge in [0.1, 0.15) is 0 Å². The van der Waals surface area contributed by atoms with Crippen LogP contribution in [0.25, 0.3) is 0 Å². The minimum Gasteiger partial charge on any atom is -0.300 e. The average molecular weight is 271 g/mol. The lowest BCUT2D eigenvalue weighted by molar-refractivity contribution is 0.141. The van der Waals surface area contributed by atoms with Gasteiger partial charge in [0.25, 0.3) is 0 Å². The second-order valence-corrected chi connectivity index (χ2v) is 7.48. The Morgan fingerprint density at radius 3 is 1.81 bits per heavy atom. The van der Waals surface area contributed by atoms with Crippen molar-refractivity contribution in [3.63, 3.8) is 0 Å². The van der Waals surface area contributed by atoms with Crippen molar-refractivity contribution in [2.75, 3.05) is 39.0 Å². The molecule has 0 aliphatic carbocycles. The number of hydrogen-bond donors (Lipinski definition) is 0. The number of rotatable bonds is 2. The number of piperazine rings is 1. The van der Waals surface area contributed by atoms with Gasteiger partial charge in [0.15, 0.2) is 0 Å². The van der Waals surface area contributed by atoms with Crippen LogP contribution in [0.15, 0.2) is 0 Å². The first-order valence-electron chi connectivity index (χ1n) is 5.36. The Kier molecular flexibility index (Phi) is 5.72. The summed E-state index contributed by atoms with van der Waals surface area (Å²) in [5, 5.41) is 0. The molecule has 0 saturated carbocycles. The Hall–Kier alpha value is 0.160. The zero-order chi connectivity index (χ0) is 11.7. The molecular formula is C10H23ClN2O2S. The average Bonchev–Trinajstić information content (AvgIpc) is 2.00. The lowest BCUT2D eigenvalue weighted by atomic mass is 9.96. The smallest absolute Gasteiger partial charge is 0.211 e. The van der Waals surface area contributed by atoms with Crippen LogP contribution < -0.4 is 0 Å². The van der Waals surface area contributed by atoms with E-state index in [9.17, 15) is 8.42 Å². The van der Waals surface area contributed by atoms with Crippen LogP contribution in [0.4, 0.5) is 0 Å². The van der Waals surface area contributed by atoms with Gasteiger partial charge in [0.2, 0.25) is 10.0 Å². The van der Waals surface area contributed by atoms with E-state index in [1.165, 1.54) is 6.26 Å². The largest absolute Gasteiger partial charge is 0.300 e. The van der Waals surface area contributed by atoms with Gasteiger partial charge >= 0.3 is 0 Å². The highest BCUT2D eigenvalue weighted by Crippen LogP contribution is 2.16. The molecule has 0 unspecified atom stereocenters. The molecule has 0 aromatic heterocycles. The van der Waals surface area contributed by atoms with E-state index in [0.717, 1.165) is 19.6 Å². The van der Waals surface area contributed by atoms with Crippen LogP contribution in [0, 0.1) is 5.41 Å². The van der Waals surface area contributed by atoms with Crippen molar-refractivity contribution in [3.8, 4) is 0 Å². The molecule has 1 aliphatic heterocycles. The van der Waals surface area contributed by atoms with Crippen LogP contribution in [0.5, 0.6) is 0 Å². The summed E-state index contributed by atoms with van der Waals surface area (Å²) in [4.78, 5) is 2.34. The summed E-state index contributed by atoms with van der Waals surface area (Å²) in [6.07, 6.45) is 1.28. The molecule has 0 spiro atoms. The molecule has 6 heteroatoms. The predicted molar refractivity (Wildman–Crippen MR) is 69.6 cm³/mol. The maximum Gasteiger partial charge on any atom is 0.211 e. The Balaban J connectivity index is 0.00000225. The highest BCUT2D eigenvalue weighted by molar-refractivity contribution is 7.88.